The van der Waals surface area contributed by atoms with E-state index in [0.717, 1.165) is 16.8 Å². The van der Waals surface area contributed by atoms with E-state index in [1.54, 1.807) is 29.8 Å². The van der Waals surface area contributed by atoms with E-state index >= 15 is 0 Å². The second-order valence-electron chi connectivity index (χ2n) is 6.22. The van der Waals surface area contributed by atoms with Crippen LogP contribution in [0.25, 0.3) is 6.08 Å². The second kappa shape index (κ2) is 7.52. The number of benzene rings is 1. The van der Waals surface area contributed by atoms with Gasteiger partial charge < -0.3 is 0 Å². The number of nitriles is 1. The van der Waals surface area contributed by atoms with Crippen molar-refractivity contribution < 1.29 is 8.78 Å². The Hall–Kier alpha value is -3.67. The van der Waals surface area contributed by atoms with E-state index in [1.807, 2.05) is 24.3 Å². The zero-order valence-electron chi connectivity index (χ0n) is 15.3. The molecule has 2 heterocycles. The smallest absolute Gasteiger partial charge is 0.265 e. The zero-order chi connectivity index (χ0) is 20.3. The summed E-state index contributed by atoms with van der Waals surface area (Å²) < 4.78 is 30.3. The van der Waals surface area contributed by atoms with Crippen molar-refractivity contribution in [3.63, 3.8) is 0 Å². The highest BCUT2D eigenvalue weighted by Gasteiger charge is 2.38. The number of alkyl halides is 2. The maximum atomic E-state index is 14.3. The fourth-order valence-corrected chi connectivity index (χ4v) is 2.75. The number of aromatic nitrogens is 6. The van der Waals surface area contributed by atoms with Gasteiger partial charge in [0.2, 0.25) is 5.82 Å². The van der Waals surface area contributed by atoms with Crippen molar-refractivity contribution in [3.8, 4) is 6.07 Å². The SMILES string of the molecule is C=C(/C=C\c1c(C)nn(Cc2cccc(C#N)c2)c1C)C(F)(F)c1nn[nH]n1. The largest absolute Gasteiger partial charge is 0.334 e. The predicted octanol–water partition coefficient (Wildman–Crippen LogP) is 3.29. The number of tetrazole rings is 1. The van der Waals surface area contributed by atoms with Gasteiger partial charge in [-0.15, -0.1) is 10.2 Å². The Morgan fingerprint density at radius 2 is 2.18 bits per heavy atom. The standard InChI is InChI=1S/C19H17F2N7/c1-12(19(20,21)18-23-26-27-24-18)7-8-17-13(2)25-28(14(17)3)11-16-6-4-5-15(9-16)10-22/h4-9H,1,11H2,2-3H3,(H,23,24,26,27)/b8-7-. The van der Waals surface area contributed by atoms with E-state index < -0.39 is 17.3 Å². The quantitative estimate of drug-likeness (QED) is 0.661. The van der Waals surface area contributed by atoms with Gasteiger partial charge in [-0.3, -0.25) is 4.68 Å². The average Bonchev–Trinajstić information content (AvgIpc) is 3.30. The average molecular weight is 381 g/mol. The molecule has 9 heteroatoms. The Kier molecular flexibility index (Phi) is 5.13. The lowest BCUT2D eigenvalue weighted by Gasteiger charge is -2.11. The Morgan fingerprint density at radius 1 is 1.39 bits per heavy atom. The molecule has 3 aromatic rings. The third-order valence-corrected chi connectivity index (χ3v) is 4.31. The van der Waals surface area contributed by atoms with Gasteiger partial charge in [0.1, 0.15) is 0 Å². The van der Waals surface area contributed by atoms with Gasteiger partial charge in [0.25, 0.3) is 0 Å². The molecule has 0 radical (unpaired) electrons. The third-order valence-electron chi connectivity index (χ3n) is 4.31. The summed E-state index contributed by atoms with van der Waals surface area (Å²) in [6.45, 7) is 7.56. The number of aryl methyl sites for hydroxylation is 1. The van der Waals surface area contributed by atoms with Crippen LogP contribution in [0.5, 0.6) is 0 Å². The highest BCUT2D eigenvalue weighted by atomic mass is 19.3. The molecule has 0 spiro atoms. The number of allylic oxidation sites excluding steroid dienone is 2. The molecular weight excluding hydrogens is 364 g/mol. The summed E-state index contributed by atoms with van der Waals surface area (Å²) in [6, 6.07) is 9.34. The minimum Gasteiger partial charge on any atom is -0.265 e. The maximum absolute atomic E-state index is 14.3. The molecule has 0 amide bonds. The van der Waals surface area contributed by atoms with Crippen LogP contribution in [-0.2, 0) is 12.5 Å². The number of rotatable bonds is 6. The van der Waals surface area contributed by atoms with Crippen LogP contribution in [0.15, 0.2) is 42.5 Å². The monoisotopic (exact) mass is 381 g/mol. The molecule has 0 aliphatic carbocycles. The normalized spacial score (nSPS) is 11.7. The molecule has 0 saturated heterocycles. The predicted molar refractivity (Wildman–Crippen MR) is 98.2 cm³/mol. The maximum Gasteiger partial charge on any atom is 0.334 e. The van der Waals surface area contributed by atoms with Gasteiger partial charge >= 0.3 is 5.92 Å². The molecule has 0 aliphatic heterocycles. The summed E-state index contributed by atoms with van der Waals surface area (Å²) in [4.78, 5) is 0. The van der Waals surface area contributed by atoms with Crippen LogP contribution >= 0.6 is 0 Å². The molecule has 142 valence electrons. The minimum absolute atomic E-state index is 0.456. The van der Waals surface area contributed by atoms with E-state index in [0.29, 0.717) is 17.8 Å². The number of hydrogen-bond donors (Lipinski definition) is 1. The topological polar surface area (TPSA) is 96.1 Å². The summed E-state index contributed by atoms with van der Waals surface area (Å²) in [5, 5.41) is 25.3. The van der Waals surface area contributed by atoms with Gasteiger partial charge in [0.05, 0.1) is 23.9 Å². The molecule has 0 atom stereocenters. The molecule has 2 aromatic heterocycles. The molecule has 0 bridgehead atoms. The number of nitrogens with one attached hydrogen (secondary N) is 1. The fraction of sp³-hybridized carbons (Fsp3) is 0.211. The first-order valence-corrected chi connectivity index (χ1v) is 8.35. The fourth-order valence-electron chi connectivity index (χ4n) is 2.75. The number of halogens is 2. The van der Waals surface area contributed by atoms with Crippen molar-refractivity contribution >= 4 is 6.08 Å². The van der Waals surface area contributed by atoms with E-state index in [2.05, 4.69) is 33.2 Å². The van der Waals surface area contributed by atoms with Crippen molar-refractivity contribution in [2.45, 2.75) is 26.3 Å². The number of aromatic amines is 1. The zero-order valence-corrected chi connectivity index (χ0v) is 15.3. The van der Waals surface area contributed by atoms with Crippen LogP contribution < -0.4 is 0 Å². The summed E-state index contributed by atoms with van der Waals surface area (Å²) in [5.41, 5.74) is 3.27. The number of hydrogen-bond acceptors (Lipinski definition) is 5. The molecule has 0 fully saturated rings. The Balaban J connectivity index is 1.83. The molecule has 0 unspecified atom stereocenters. The van der Waals surface area contributed by atoms with E-state index in [4.69, 9.17) is 5.26 Å². The Labute approximate surface area is 160 Å². The molecule has 28 heavy (non-hydrogen) atoms. The minimum atomic E-state index is -3.43. The lowest BCUT2D eigenvalue weighted by Crippen LogP contribution is -2.17. The van der Waals surface area contributed by atoms with Gasteiger partial charge in [0, 0.05) is 16.8 Å². The van der Waals surface area contributed by atoms with Crippen LogP contribution in [-0.4, -0.2) is 30.4 Å². The lowest BCUT2D eigenvalue weighted by molar-refractivity contribution is 0.0326. The van der Waals surface area contributed by atoms with Crippen LogP contribution in [0.2, 0.25) is 0 Å². The summed E-state index contributed by atoms with van der Waals surface area (Å²) in [7, 11) is 0. The van der Waals surface area contributed by atoms with Gasteiger partial charge in [-0.25, -0.2) is 0 Å². The van der Waals surface area contributed by atoms with E-state index in [1.165, 1.54) is 6.08 Å². The van der Waals surface area contributed by atoms with Gasteiger partial charge in [-0.1, -0.05) is 30.9 Å². The first kappa shape index (κ1) is 19.1. The van der Waals surface area contributed by atoms with Gasteiger partial charge in [-0.2, -0.15) is 24.4 Å². The molecule has 1 aromatic carbocycles. The van der Waals surface area contributed by atoms with Crippen LogP contribution in [0, 0.1) is 25.2 Å². The van der Waals surface area contributed by atoms with Crippen molar-refractivity contribution in [2.24, 2.45) is 0 Å². The van der Waals surface area contributed by atoms with Crippen molar-refractivity contribution in [3.05, 3.63) is 76.4 Å². The van der Waals surface area contributed by atoms with Gasteiger partial charge in [-0.05, 0) is 36.8 Å². The molecule has 1 N–H and O–H groups in total. The van der Waals surface area contributed by atoms with E-state index in [9.17, 15) is 8.78 Å². The van der Waals surface area contributed by atoms with Crippen molar-refractivity contribution in [1.29, 1.82) is 5.26 Å². The van der Waals surface area contributed by atoms with E-state index in [-0.39, 0.29) is 0 Å². The molecule has 7 nitrogen and oxygen atoms in total. The highest BCUT2D eigenvalue weighted by Crippen LogP contribution is 2.33. The van der Waals surface area contributed by atoms with Crippen LogP contribution in [0.1, 0.15) is 33.9 Å². The first-order valence-electron chi connectivity index (χ1n) is 8.35. The molecule has 0 saturated carbocycles. The van der Waals surface area contributed by atoms with Crippen molar-refractivity contribution in [2.75, 3.05) is 0 Å². The number of H-pyrrole nitrogens is 1. The Morgan fingerprint density at radius 3 is 2.86 bits per heavy atom. The first-order chi connectivity index (χ1) is 13.3. The van der Waals surface area contributed by atoms with Crippen LogP contribution in [0.3, 0.4) is 0 Å². The molecule has 0 aliphatic rings. The lowest BCUT2D eigenvalue weighted by atomic mass is 10.1. The summed E-state index contributed by atoms with van der Waals surface area (Å²) in [6.07, 6.45) is 2.78. The van der Waals surface area contributed by atoms with Crippen LogP contribution in [0.4, 0.5) is 8.78 Å². The molecular formula is C19H17F2N7. The second-order valence-corrected chi connectivity index (χ2v) is 6.22. The summed E-state index contributed by atoms with van der Waals surface area (Å²) in [5.74, 6) is -4.16. The third kappa shape index (κ3) is 3.71. The van der Waals surface area contributed by atoms with Gasteiger partial charge in [0.15, 0.2) is 0 Å². The molecule has 3 rings (SSSR count). The Bertz CT molecular complexity index is 1070. The highest BCUT2D eigenvalue weighted by molar-refractivity contribution is 5.58. The number of nitrogens with zero attached hydrogens (tertiary/aromatic N) is 6. The summed E-state index contributed by atoms with van der Waals surface area (Å²) >= 11 is 0. The van der Waals surface area contributed by atoms with Crippen molar-refractivity contribution in [1.82, 2.24) is 30.4 Å².